The number of guanidine groups is 1. The molecular formula is C20H35N5O. The van der Waals surface area contributed by atoms with Crippen LogP contribution in [0.5, 0.6) is 0 Å². The van der Waals surface area contributed by atoms with Crippen molar-refractivity contribution in [2.24, 2.45) is 10.9 Å². The molecule has 0 aromatic carbocycles. The van der Waals surface area contributed by atoms with E-state index in [0.717, 1.165) is 56.0 Å². The minimum atomic E-state index is 0.613. The Hall–Kier alpha value is -1.56. The molecule has 26 heavy (non-hydrogen) atoms. The quantitative estimate of drug-likeness (QED) is 0.602. The van der Waals surface area contributed by atoms with Crippen LogP contribution in [0.3, 0.4) is 0 Å². The maximum atomic E-state index is 5.72. The fourth-order valence-electron chi connectivity index (χ4n) is 3.93. The molecule has 6 heteroatoms. The monoisotopic (exact) mass is 361 g/mol. The van der Waals surface area contributed by atoms with Gasteiger partial charge in [-0.15, -0.1) is 0 Å². The van der Waals surface area contributed by atoms with Crippen LogP contribution in [0.15, 0.2) is 9.41 Å². The van der Waals surface area contributed by atoms with Gasteiger partial charge in [-0.05, 0) is 65.5 Å². The second-order valence-corrected chi connectivity index (χ2v) is 7.81. The lowest BCUT2D eigenvalue weighted by molar-refractivity contribution is 0.166. The number of likely N-dealkylation sites (tertiary alicyclic amines) is 1. The first-order valence-electron chi connectivity index (χ1n) is 10.3. The second-order valence-electron chi connectivity index (χ2n) is 7.81. The SMILES string of the molecule is CCNC(=NCC1CCN(Cc2nc(C)c(C)o2)CC1)NC1CCCC1. The van der Waals surface area contributed by atoms with E-state index in [2.05, 4.69) is 27.4 Å². The third-order valence-corrected chi connectivity index (χ3v) is 5.69. The molecule has 0 unspecified atom stereocenters. The van der Waals surface area contributed by atoms with Gasteiger partial charge in [-0.2, -0.15) is 0 Å². The number of hydrogen-bond donors (Lipinski definition) is 2. The lowest BCUT2D eigenvalue weighted by atomic mass is 9.97. The van der Waals surface area contributed by atoms with E-state index in [1.54, 1.807) is 0 Å². The molecule has 2 heterocycles. The summed E-state index contributed by atoms with van der Waals surface area (Å²) in [5.41, 5.74) is 1.01. The maximum absolute atomic E-state index is 5.72. The summed E-state index contributed by atoms with van der Waals surface area (Å²) >= 11 is 0. The van der Waals surface area contributed by atoms with Crippen molar-refractivity contribution in [1.29, 1.82) is 0 Å². The predicted molar refractivity (Wildman–Crippen MR) is 105 cm³/mol. The molecule has 0 radical (unpaired) electrons. The molecule has 2 fully saturated rings. The van der Waals surface area contributed by atoms with Crippen molar-refractivity contribution in [2.45, 2.75) is 71.9 Å². The van der Waals surface area contributed by atoms with E-state index in [1.807, 2.05) is 13.8 Å². The van der Waals surface area contributed by atoms with Crippen LogP contribution in [0.25, 0.3) is 0 Å². The second kappa shape index (κ2) is 9.40. The number of hydrogen-bond acceptors (Lipinski definition) is 4. The highest BCUT2D eigenvalue weighted by molar-refractivity contribution is 5.80. The summed E-state index contributed by atoms with van der Waals surface area (Å²) in [7, 11) is 0. The number of piperidine rings is 1. The van der Waals surface area contributed by atoms with Gasteiger partial charge in [-0.25, -0.2) is 4.98 Å². The van der Waals surface area contributed by atoms with Gasteiger partial charge in [-0.1, -0.05) is 12.8 Å². The molecule has 0 atom stereocenters. The molecule has 1 aliphatic carbocycles. The fraction of sp³-hybridized carbons (Fsp3) is 0.800. The standard InChI is InChI=1S/C20H35N5O/c1-4-21-20(24-18-7-5-6-8-18)22-13-17-9-11-25(12-10-17)14-19-23-15(2)16(3)26-19/h17-18H,4-14H2,1-3H3,(H2,21,22,24). The number of rotatable bonds is 6. The normalized spacial score (nSPS) is 20.7. The van der Waals surface area contributed by atoms with Crippen LogP contribution in [-0.4, -0.2) is 48.1 Å². The molecule has 2 N–H and O–H groups in total. The van der Waals surface area contributed by atoms with E-state index < -0.39 is 0 Å². The minimum Gasteiger partial charge on any atom is -0.444 e. The number of aryl methyl sites for hydroxylation is 2. The smallest absolute Gasteiger partial charge is 0.208 e. The zero-order chi connectivity index (χ0) is 18.4. The molecule has 1 aliphatic heterocycles. The van der Waals surface area contributed by atoms with Crippen LogP contribution >= 0.6 is 0 Å². The summed E-state index contributed by atoms with van der Waals surface area (Å²) in [4.78, 5) is 11.8. The van der Waals surface area contributed by atoms with Gasteiger partial charge in [0.1, 0.15) is 5.76 Å². The van der Waals surface area contributed by atoms with Gasteiger partial charge in [-0.3, -0.25) is 9.89 Å². The predicted octanol–water partition coefficient (Wildman–Crippen LogP) is 3.00. The average Bonchev–Trinajstić information content (AvgIpc) is 3.24. The Labute approximate surface area is 157 Å². The van der Waals surface area contributed by atoms with E-state index in [9.17, 15) is 0 Å². The summed E-state index contributed by atoms with van der Waals surface area (Å²) in [5, 5.41) is 7.02. The third kappa shape index (κ3) is 5.47. The number of nitrogens with zero attached hydrogens (tertiary/aromatic N) is 3. The van der Waals surface area contributed by atoms with Crippen molar-refractivity contribution >= 4 is 5.96 Å². The largest absolute Gasteiger partial charge is 0.444 e. The average molecular weight is 362 g/mol. The summed E-state index contributed by atoms with van der Waals surface area (Å²) < 4.78 is 5.72. The highest BCUT2D eigenvalue weighted by Crippen LogP contribution is 2.20. The van der Waals surface area contributed by atoms with Crippen LogP contribution in [-0.2, 0) is 6.54 Å². The van der Waals surface area contributed by atoms with Crippen LogP contribution in [0.4, 0.5) is 0 Å². The van der Waals surface area contributed by atoms with Gasteiger partial charge in [0, 0.05) is 19.1 Å². The zero-order valence-electron chi connectivity index (χ0n) is 16.7. The van der Waals surface area contributed by atoms with Crippen molar-refractivity contribution in [3.8, 4) is 0 Å². The number of nitrogens with one attached hydrogen (secondary N) is 2. The molecule has 146 valence electrons. The molecule has 1 saturated carbocycles. The third-order valence-electron chi connectivity index (χ3n) is 5.69. The van der Waals surface area contributed by atoms with Gasteiger partial charge in [0.15, 0.2) is 5.96 Å². The lowest BCUT2D eigenvalue weighted by Crippen LogP contribution is -2.43. The first-order chi connectivity index (χ1) is 12.6. The van der Waals surface area contributed by atoms with Gasteiger partial charge >= 0.3 is 0 Å². The van der Waals surface area contributed by atoms with E-state index in [-0.39, 0.29) is 0 Å². The Balaban J connectivity index is 1.43. The fourth-order valence-corrected chi connectivity index (χ4v) is 3.93. The van der Waals surface area contributed by atoms with Gasteiger partial charge < -0.3 is 15.1 Å². The Morgan fingerprint density at radius 1 is 1.19 bits per heavy atom. The Kier molecular flexibility index (Phi) is 6.94. The van der Waals surface area contributed by atoms with E-state index >= 15 is 0 Å². The molecule has 2 aliphatic rings. The first kappa shape index (κ1) is 19.2. The highest BCUT2D eigenvalue weighted by Gasteiger charge is 2.21. The Bertz CT molecular complexity index is 564. The zero-order valence-corrected chi connectivity index (χ0v) is 16.7. The van der Waals surface area contributed by atoms with Crippen molar-refractivity contribution in [3.05, 3.63) is 17.3 Å². The number of aromatic nitrogens is 1. The van der Waals surface area contributed by atoms with E-state index in [1.165, 1.54) is 38.5 Å². The summed E-state index contributed by atoms with van der Waals surface area (Å²) in [6, 6.07) is 0.613. The molecule has 6 nitrogen and oxygen atoms in total. The molecule has 0 amide bonds. The molecule has 3 rings (SSSR count). The van der Waals surface area contributed by atoms with Crippen LogP contribution in [0.2, 0.25) is 0 Å². The summed E-state index contributed by atoms with van der Waals surface area (Å²) in [6.07, 6.45) is 7.65. The summed E-state index contributed by atoms with van der Waals surface area (Å²) in [6.45, 7) is 11.0. The Morgan fingerprint density at radius 2 is 1.92 bits per heavy atom. The van der Waals surface area contributed by atoms with E-state index in [4.69, 9.17) is 9.41 Å². The van der Waals surface area contributed by atoms with Gasteiger partial charge in [0.2, 0.25) is 5.89 Å². The lowest BCUT2D eigenvalue weighted by Gasteiger charge is -2.30. The first-order valence-corrected chi connectivity index (χ1v) is 10.3. The van der Waals surface area contributed by atoms with Crippen LogP contribution in [0, 0.1) is 19.8 Å². The van der Waals surface area contributed by atoms with E-state index in [0.29, 0.717) is 12.0 Å². The topological polar surface area (TPSA) is 65.7 Å². The number of oxazole rings is 1. The van der Waals surface area contributed by atoms with Crippen LogP contribution in [0.1, 0.15) is 62.8 Å². The number of aliphatic imine (C=N–C) groups is 1. The molecule has 1 saturated heterocycles. The summed E-state index contributed by atoms with van der Waals surface area (Å²) in [5.74, 6) is 3.48. The Morgan fingerprint density at radius 3 is 2.54 bits per heavy atom. The molecule has 1 aromatic rings. The van der Waals surface area contributed by atoms with Crippen molar-refractivity contribution in [3.63, 3.8) is 0 Å². The van der Waals surface area contributed by atoms with Crippen molar-refractivity contribution < 1.29 is 4.42 Å². The van der Waals surface area contributed by atoms with Gasteiger partial charge in [0.25, 0.3) is 0 Å². The van der Waals surface area contributed by atoms with Gasteiger partial charge in [0.05, 0.1) is 12.2 Å². The van der Waals surface area contributed by atoms with Crippen LogP contribution < -0.4 is 10.6 Å². The molecule has 1 aromatic heterocycles. The molecule has 0 bridgehead atoms. The maximum Gasteiger partial charge on any atom is 0.208 e. The van der Waals surface area contributed by atoms with Crippen molar-refractivity contribution in [1.82, 2.24) is 20.5 Å². The molecule has 0 spiro atoms. The van der Waals surface area contributed by atoms with Crippen molar-refractivity contribution in [2.75, 3.05) is 26.2 Å². The minimum absolute atomic E-state index is 0.613. The highest BCUT2D eigenvalue weighted by atomic mass is 16.4. The molecular weight excluding hydrogens is 326 g/mol.